The van der Waals surface area contributed by atoms with Crippen LogP contribution >= 0.6 is 8.60 Å². The Hall–Kier alpha value is -0.504. The van der Waals surface area contributed by atoms with Crippen LogP contribution in [0.4, 0.5) is 0 Å². The SMILES string of the molecule is C1CCCC1.CCO[PH+](OCC)OCC.COC(=O)/C=C/C(=O)OC.[CH3-].[CH3-].[Co+2]. The molecule has 171 valence electrons. The number of rotatable bonds is 8. The second kappa shape index (κ2) is 31.2. The number of carbonyl (C=O) groups is 2. The smallest absolute Gasteiger partial charge is 0.466 e. The van der Waals surface area contributed by atoms with Gasteiger partial charge in [-0.25, -0.2) is 9.59 Å². The van der Waals surface area contributed by atoms with E-state index in [4.69, 9.17) is 13.6 Å². The molecule has 0 spiro atoms. The zero-order valence-electron chi connectivity index (χ0n) is 18.5. The van der Waals surface area contributed by atoms with Crippen LogP contribution in [-0.2, 0) is 49.4 Å². The van der Waals surface area contributed by atoms with Gasteiger partial charge in [0, 0.05) is 12.2 Å². The molecule has 1 aliphatic rings. The van der Waals surface area contributed by atoms with Crippen LogP contribution in [0.2, 0.25) is 0 Å². The van der Waals surface area contributed by atoms with Gasteiger partial charge in [0.25, 0.3) is 0 Å². The Labute approximate surface area is 184 Å². The van der Waals surface area contributed by atoms with Crippen molar-refractivity contribution < 1.29 is 49.4 Å². The summed E-state index contributed by atoms with van der Waals surface area (Å²) in [6.45, 7) is 7.78. The molecule has 1 saturated carbocycles. The van der Waals surface area contributed by atoms with Gasteiger partial charge in [-0.05, 0) is 20.8 Å². The van der Waals surface area contributed by atoms with E-state index in [9.17, 15) is 9.59 Å². The van der Waals surface area contributed by atoms with Gasteiger partial charge >= 0.3 is 37.3 Å². The van der Waals surface area contributed by atoms with Gasteiger partial charge < -0.3 is 24.3 Å². The van der Waals surface area contributed by atoms with Crippen LogP contribution in [0.25, 0.3) is 0 Å². The maximum absolute atomic E-state index is 10.3. The summed E-state index contributed by atoms with van der Waals surface area (Å²) in [7, 11) is 1.05. The van der Waals surface area contributed by atoms with E-state index in [0.717, 1.165) is 12.2 Å². The summed E-state index contributed by atoms with van der Waals surface area (Å²) < 4.78 is 24.0. The predicted molar refractivity (Wildman–Crippen MR) is 112 cm³/mol. The second-order valence-electron chi connectivity index (χ2n) is 4.70. The molecule has 1 aliphatic carbocycles. The molecular weight excluding hydrogens is 430 g/mol. The third-order valence-corrected chi connectivity index (χ3v) is 4.37. The molecule has 0 aliphatic heterocycles. The van der Waals surface area contributed by atoms with Crippen LogP contribution in [0, 0.1) is 14.9 Å². The molecule has 0 aromatic carbocycles. The third-order valence-electron chi connectivity index (χ3n) is 2.79. The van der Waals surface area contributed by atoms with E-state index in [-0.39, 0.29) is 31.6 Å². The van der Waals surface area contributed by atoms with Crippen molar-refractivity contribution in [3.05, 3.63) is 27.0 Å². The zero-order chi connectivity index (χ0) is 19.3. The summed E-state index contributed by atoms with van der Waals surface area (Å²) in [4.78, 5) is 20.6. The van der Waals surface area contributed by atoms with Crippen molar-refractivity contribution in [1.29, 1.82) is 0 Å². The van der Waals surface area contributed by atoms with E-state index in [1.54, 1.807) is 0 Å². The average Bonchev–Trinajstić information content (AvgIpc) is 3.20. The van der Waals surface area contributed by atoms with Gasteiger partial charge in [0.1, 0.15) is 0 Å². The Morgan fingerprint density at radius 2 is 0.964 bits per heavy atom. The standard InChI is InChI=1S/C6H8O4.C6H16O3P.C5H10.2CH3.Co/c1-9-5(7)3-4-6(8)10-2;1-4-7-10(8-5-2)9-6-3;1-2-4-5-3-1;;;/h3-4H,1-2H3;10H,4-6H2,1-3H3;1-5H2;2*1H3;/q;+1;;2*-1;+2/b4-3+;;;;;. The molecule has 0 bridgehead atoms. The number of hydrogen-bond acceptors (Lipinski definition) is 7. The molecule has 0 aromatic rings. The molecule has 0 saturated heterocycles. The van der Waals surface area contributed by atoms with Crippen LogP contribution in [-0.4, -0.2) is 46.0 Å². The van der Waals surface area contributed by atoms with Crippen molar-refractivity contribution >= 4 is 20.5 Å². The molecule has 0 heterocycles. The molecule has 0 amide bonds. The number of hydrogen-bond donors (Lipinski definition) is 0. The van der Waals surface area contributed by atoms with Crippen LogP contribution in [0.15, 0.2) is 12.2 Å². The Balaban J connectivity index is -0.0000000933. The van der Waals surface area contributed by atoms with Crippen molar-refractivity contribution in [3.8, 4) is 0 Å². The van der Waals surface area contributed by atoms with E-state index in [1.165, 1.54) is 46.3 Å². The summed E-state index contributed by atoms with van der Waals surface area (Å²) in [5.41, 5.74) is 0. The fraction of sp³-hybridized carbons (Fsp3) is 0.684. The van der Waals surface area contributed by atoms with E-state index >= 15 is 0 Å². The largest absolute Gasteiger partial charge is 2.00 e. The summed E-state index contributed by atoms with van der Waals surface area (Å²) in [5, 5.41) is 0. The van der Waals surface area contributed by atoms with Crippen molar-refractivity contribution in [2.45, 2.75) is 52.9 Å². The number of methoxy groups -OCH3 is 2. The van der Waals surface area contributed by atoms with E-state index in [2.05, 4.69) is 9.47 Å². The average molecular weight is 470 g/mol. The minimum absolute atomic E-state index is 0. The van der Waals surface area contributed by atoms with E-state index in [1.807, 2.05) is 20.8 Å². The fourth-order valence-electron chi connectivity index (χ4n) is 1.63. The van der Waals surface area contributed by atoms with Gasteiger partial charge in [-0.15, -0.1) is 0 Å². The van der Waals surface area contributed by atoms with Gasteiger partial charge in [0.05, 0.1) is 34.0 Å². The van der Waals surface area contributed by atoms with Crippen LogP contribution in [0.5, 0.6) is 0 Å². The topological polar surface area (TPSA) is 80.3 Å². The summed E-state index contributed by atoms with van der Waals surface area (Å²) in [6, 6.07) is 0. The minimum Gasteiger partial charge on any atom is -0.466 e. The van der Waals surface area contributed by atoms with E-state index in [0.29, 0.717) is 19.8 Å². The summed E-state index contributed by atoms with van der Waals surface area (Å²) in [6.07, 6.45) is 9.48. The normalized spacial score (nSPS) is 11.5. The van der Waals surface area contributed by atoms with Crippen LogP contribution < -0.4 is 0 Å². The molecule has 1 fully saturated rings. The van der Waals surface area contributed by atoms with Gasteiger partial charge in [0.2, 0.25) is 0 Å². The first kappa shape index (κ1) is 38.1. The van der Waals surface area contributed by atoms with Crippen LogP contribution in [0.3, 0.4) is 0 Å². The quantitative estimate of drug-likeness (QED) is 0.218. The van der Waals surface area contributed by atoms with Crippen molar-refractivity contribution in [1.82, 2.24) is 0 Å². The first-order chi connectivity index (χ1) is 12.0. The van der Waals surface area contributed by atoms with E-state index < -0.39 is 20.5 Å². The number of ether oxygens (including phenoxy) is 2. The van der Waals surface area contributed by atoms with Crippen molar-refractivity contribution in [2.24, 2.45) is 0 Å². The first-order valence-electron chi connectivity index (χ1n) is 8.64. The second-order valence-corrected chi connectivity index (χ2v) is 6.06. The fourth-order valence-corrected chi connectivity index (χ4v) is 2.59. The third kappa shape index (κ3) is 30.2. The monoisotopic (exact) mass is 470 g/mol. The molecule has 0 N–H and O–H groups in total. The zero-order valence-corrected chi connectivity index (χ0v) is 20.5. The number of carbonyl (C=O) groups excluding carboxylic acids is 2. The van der Waals surface area contributed by atoms with Crippen LogP contribution in [0.1, 0.15) is 52.9 Å². The molecule has 7 nitrogen and oxygen atoms in total. The minimum atomic E-state index is -1.40. The maximum atomic E-state index is 10.3. The van der Waals surface area contributed by atoms with Crippen molar-refractivity contribution in [2.75, 3.05) is 34.0 Å². The predicted octanol–water partition coefficient (Wildman–Crippen LogP) is 4.79. The Kier molecular flexibility index (Phi) is 42.5. The maximum Gasteiger partial charge on any atom is 2.00 e. The summed E-state index contributed by atoms with van der Waals surface area (Å²) in [5.74, 6) is -1.16. The van der Waals surface area contributed by atoms with Crippen molar-refractivity contribution in [3.63, 3.8) is 0 Å². The Bertz CT molecular complexity index is 311. The molecular formula is C19H40CoO7P+. The molecule has 0 aromatic heterocycles. The summed E-state index contributed by atoms with van der Waals surface area (Å²) >= 11 is 0. The molecule has 0 atom stereocenters. The van der Waals surface area contributed by atoms with Gasteiger partial charge in [-0.2, -0.15) is 13.6 Å². The number of esters is 2. The Morgan fingerprint density at radius 1 is 0.714 bits per heavy atom. The van der Waals surface area contributed by atoms with Gasteiger partial charge in [-0.3, -0.25) is 0 Å². The molecule has 1 rings (SSSR count). The van der Waals surface area contributed by atoms with Gasteiger partial charge in [0.15, 0.2) is 0 Å². The molecule has 0 unspecified atom stereocenters. The Morgan fingerprint density at radius 3 is 1.14 bits per heavy atom. The van der Waals surface area contributed by atoms with Gasteiger partial charge in [-0.1, -0.05) is 32.1 Å². The molecule has 9 heteroatoms. The molecule has 28 heavy (non-hydrogen) atoms. The first-order valence-corrected chi connectivity index (χ1v) is 9.87. The molecule has 1 radical (unpaired) electrons.